The number of benzene rings is 1. The van der Waals surface area contributed by atoms with Crippen LogP contribution in [0.1, 0.15) is 28.0 Å². The predicted molar refractivity (Wildman–Crippen MR) is 96.4 cm³/mol. The van der Waals surface area contributed by atoms with Crippen LogP contribution < -0.4 is 11.1 Å². The van der Waals surface area contributed by atoms with Gasteiger partial charge in [0.1, 0.15) is 18.3 Å². The molecular formula is C17H21N3O5S. The molecule has 0 bridgehead atoms. The average Bonchev–Trinajstić information content (AvgIpc) is 3.17. The maximum absolute atomic E-state index is 12.3. The summed E-state index contributed by atoms with van der Waals surface area (Å²) in [5, 5.41) is 11.6. The summed E-state index contributed by atoms with van der Waals surface area (Å²) >= 11 is 1.50. The van der Waals surface area contributed by atoms with Gasteiger partial charge >= 0.3 is 5.97 Å². The summed E-state index contributed by atoms with van der Waals surface area (Å²) < 4.78 is 9.82. The minimum atomic E-state index is -0.826. The van der Waals surface area contributed by atoms with Gasteiger partial charge in [0.15, 0.2) is 5.69 Å². The number of aliphatic hydroxyl groups is 1. The average molecular weight is 379 g/mol. The number of carbonyl (C=O) groups is 2. The van der Waals surface area contributed by atoms with Crippen molar-refractivity contribution < 1.29 is 23.8 Å². The molecule has 9 heteroatoms. The van der Waals surface area contributed by atoms with Crippen LogP contribution in [0.2, 0.25) is 0 Å². The number of carbonyl (C=O) groups excluding carboxylic acids is 2. The molecule has 26 heavy (non-hydrogen) atoms. The van der Waals surface area contributed by atoms with Crippen LogP contribution in [-0.4, -0.2) is 47.5 Å². The number of esters is 1. The van der Waals surface area contributed by atoms with E-state index >= 15 is 0 Å². The van der Waals surface area contributed by atoms with Crippen molar-refractivity contribution in [2.75, 3.05) is 19.5 Å². The number of nitrogens with two attached hydrogens (primary N) is 1. The van der Waals surface area contributed by atoms with Crippen LogP contribution in [0.15, 0.2) is 41.0 Å². The normalized spacial score (nSPS) is 13.0. The molecule has 1 aromatic carbocycles. The van der Waals surface area contributed by atoms with Crippen molar-refractivity contribution in [1.29, 1.82) is 0 Å². The first kappa shape index (κ1) is 20.0. The standard InChI is InChI=1S/C17H21N3O5S/c1-24-17(23)14(10-26-9-11-5-3-2-4-6-11)19-15(22)13-8-25-16(20-13)12(18)7-21/h2-6,8,12,14,21H,7,9-10,18H2,1H3,(H,19,22). The molecule has 1 amide bonds. The zero-order valence-electron chi connectivity index (χ0n) is 14.3. The molecule has 8 nitrogen and oxygen atoms in total. The SMILES string of the molecule is COC(=O)C(CSCc1ccccc1)NC(=O)c1coc(C(N)CO)n1. The van der Waals surface area contributed by atoms with E-state index in [0.717, 1.165) is 11.8 Å². The lowest BCUT2D eigenvalue weighted by atomic mass is 10.2. The van der Waals surface area contributed by atoms with Gasteiger partial charge < -0.3 is 25.3 Å². The van der Waals surface area contributed by atoms with Crippen LogP contribution in [-0.2, 0) is 15.3 Å². The largest absolute Gasteiger partial charge is 0.467 e. The molecule has 1 heterocycles. The van der Waals surface area contributed by atoms with Crippen LogP contribution in [0.5, 0.6) is 0 Å². The fourth-order valence-electron chi connectivity index (χ4n) is 2.05. The number of rotatable bonds is 9. The Bertz CT molecular complexity index is 722. The van der Waals surface area contributed by atoms with Gasteiger partial charge in [0.2, 0.25) is 5.89 Å². The Morgan fingerprint density at radius 2 is 2.12 bits per heavy atom. The molecule has 0 aliphatic heterocycles. The number of hydrogen-bond donors (Lipinski definition) is 3. The molecule has 0 fully saturated rings. The molecule has 4 N–H and O–H groups in total. The summed E-state index contributed by atoms with van der Waals surface area (Å²) in [6, 6.07) is 8.14. The number of ether oxygens (including phenoxy) is 1. The number of oxazole rings is 1. The number of nitrogens with zero attached hydrogens (tertiary/aromatic N) is 1. The Labute approximate surface area is 155 Å². The zero-order valence-corrected chi connectivity index (χ0v) is 15.1. The van der Waals surface area contributed by atoms with Gasteiger partial charge in [0.25, 0.3) is 5.91 Å². The monoisotopic (exact) mass is 379 g/mol. The van der Waals surface area contributed by atoms with Crippen molar-refractivity contribution in [2.24, 2.45) is 5.73 Å². The van der Waals surface area contributed by atoms with Crippen molar-refractivity contribution in [1.82, 2.24) is 10.3 Å². The van der Waals surface area contributed by atoms with E-state index in [9.17, 15) is 9.59 Å². The number of aromatic nitrogens is 1. The maximum Gasteiger partial charge on any atom is 0.329 e. The quantitative estimate of drug-likeness (QED) is 0.548. The van der Waals surface area contributed by atoms with E-state index in [2.05, 4.69) is 10.3 Å². The predicted octanol–water partition coefficient (Wildman–Crippen LogP) is 0.871. The van der Waals surface area contributed by atoms with Gasteiger partial charge in [-0.3, -0.25) is 4.79 Å². The second-order valence-corrected chi connectivity index (χ2v) is 6.44. The van der Waals surface area contributed by atoms with Crippen molar-refractivity contribution in [3.05, 3.63) is 53.7 Å². The lowest BCUT2D eigenvalue weighted by Crippen LogP contribution is -2.43. The van der Waals surface area contributed by atoms with E-state index < -0.39 is 24.0 Å². The number of aliphatic hydroxyl groups excluding tert-OH is 1. The highest BCUT2D eigenvalue weighted by atomic mass is 32.2. The third-order valence-corrected chi connectivity index (χ3v) is 4.56. The Morgan fingerprint density at radius 3 is 2.77 bits per heavy atom. The third kappa shape index (κ3) is 5.58. The van der Waals surface area contributed by atoms with Gasteiger partial charge in [-0.1, -0.05) is 30.3 Å². The smallest absolute Gasteiger partial charge is 0.329 e. The lowest BCUT2D eigenvalue weighted by Gasteiger charge is -2.15. The summed E-state index contributed by atoms with van der Waals surface area (Å²) in [5.41, 5.74) is 6.68. The van der Waals surface area contributed by atoms with Gasteiger partial charge in [-0.15, -0.1) is 0 Å². The number of amides is 1. The second-order valence-electron chi connectivity index (χ2n) is 5.41. The lowest BCUT2D eigenvalue weighted by molar-refractivity contribution is -0.142. The van der Waals surface area contributed by atoms with Crippen LogP contribution in [0.4, 0.5) is 0 Å². The third-order valence-electron chi connectivity index (χ3n) is 3.46. The molecule has 2 unspecified atom stereocenters. The fourth-order valence-corrected chi connectivity index (χ4v) is 3.05. The number of hydrogen-bond acceptors (Lipinski definition) is 8. The van der Waals surface area contributed by atoms with E-state index in [0.29, 0.717) is 11.5 Å². The molecule has 2 aromatic rings. The molecule has 0 radical (unpaired) electrons. The van der Waals surface area contributed by atoms with E-state index in [1.54, 1.807) is 0 Å². The van der Waals surface area contributed by atoms with Crippen LogP contribution in [0, 0.1) is 0 Å². The highest BCUT2D eigenvalue weighted by Crippen LogP contribution is 2.14. The maximum atomic E-state index is 12.3. The van der Waals surface area contributed by atoms with Gasteiger partial charge in [-0.25, -0.2) is 9.78 Å². The Morgan fingerprint density at radius 1 is 1.38 bits per heavy atom. The molecule has 1 aromatic heterocycles. The highest BCUT2D eigenvalue weighted by Gasteiger charge is 2.24. The van der Waals surface area contributed by atoms with Crippen LogP contribution in [0.25, 0.3) is 0 Å². The molecule has 2 rings (SSSR count). The minimum Gasteiger partial charge on any atom is -0.467 e. The van der Waals surface area contributed by atoms with E-state index in [1.165, 1.54) is 18.9 Å². The molecule has 0 aliphatic rings. The molecule has 0 saturated carbocycles. The number of thioether (sulfide) groups is 1. The van der Waals surface area contributed by atoms with Crippen molar-refractivity contribution in [3.8, 4) is 0 Å². The molecular weight excluding hydrogens is 358 g/mol. The van der Waals surface area contributed by atoms with Crippen LogP contribution in [0.3, 0.4) is 0 Å². The molecule has 140 valence electrons. The Hall–Kier alpha value is -2.36. The first-order valence-corrected chi connectivity index (χ1v) is 9.02. The molecule has 0 spiro atoms. The van der Waals surface area contributed by atoms with E-state index in [4.69, 9.17) is 20.0 Å². The number of nitrogens with one attached hydrogen (secondary N) is 1. The van der Waals surface area contributed by atoms with Gasteiger partial charge in [0, 0.05) is 11.5 Å². The molecule has 0 aliphatic carbocycles. The summed E-state index contributed by atoms with van der Waals surface area (Å²) in [4.78, 5) is 28.1. The van der Waals surface area contributed by atoms with Gasteiger partial charge in [-0.05, 0) is 5.56 Å². The summed E-state index contributed by atoms with van der Waals surface area (Å²) in [7, 11) is 1.26. The first-order chi connectivity index (χ1) is 12.5. The topological polar surface area (TPSA) is 128 Å². The van der Waals surface area contributed by atoms with Gasteiger partial charge in [0.05, 0.1) is 13.7 Å². The highest BCUT2D eigenvalue weighted by molar-refractivity contribution is 7.98. The fraction of sp³-hybridized carbons (Fsp3) is 0.353. The van der Waals surface area contributed by atoms with Gasteiger partial charge in [-0.2, -0.15) is 11.8 Å². The van der Waals surface area contributed by atoms with Crippen LogP contribution >= 0.6 is 11.8 Å². The second kappa shape index (κ2) is 9.95. The van der Waals surface area contributed by atoms with Crippen molar-refractivity contribution >= 4 is 23.6 Å². The minimum absolute atomic E-state index is 0.0223. The molecule has 0 saturated heterocycles. The number of methoxy groups -OCH3 is 1. The van der Waals surface area contributed by atoms with Crippen molar-refractivity contribution in [3.63, 3.8) is 0 Å². The van der Waals surface area contributed by atoms with E-state index in [-0.39, 0.29) is 18.2 Å². The Balaban J connectivity index is 1.95. The Kier molecular flexibility index (Phi) is 7.64. The summed E-state index contributed by atoms with van der Waals surface area (Å²) in [6.45, 7) is -0.359. The zero-order chi connectivity index (χ0) is 18.9. The summed E-state index contributed by atoms with van der Waals surface area (Å²) in [5.74, 6) is -0.0426. The molecule has 2 atom stereocenters. The van der Waals surface area contributed by atoms with Crippen molar-refractivity contribution in [2.45, 2.75) is 17.8 Å². The summed E-state index contributed by atoms with van der Waals surface area (Å²) in [6.07, 6.45) is 1.13. The first-order valence-electron chi connectivity index (χ1n) is 7.87. The van der Waals surface area contributed by atoms with E-state index in [1.807, 2.05) is 30.3 Å².